The van der Waals surface area contributed by atoms with Crippen LogP contribution >= 0.6 is 0 Å². The van der Waals surface area contributed by atoms with E-state index < -0.39 is 17.7 Å². The number of methoxy groups -OCH3 is 1. The normalized spacial score (nSPS) is 11.2. The van der Waals surface area contributed by atoms with E-state index in [1.807, 2.05) is 36.4 Å². The summed E-state index contributed by atoms with van der Waals surface area (Å²) >= 11 is 0. The first-order valence-corrected chi connectivity index (χ1v) is 11.3. The summed E-state index contributed by atoms with van der Waals surface area (Å²) in [6.45, 7) is 5.37. The van der Waals surface area contributed by atoms with Gasteiger partial charge in [-0.1, -0.05) is 18.2 Å². The maximum Gasteiger partial charge on any atom is 0.412 e. The first-order valence-electron chi connectivity index (χ1n) is 11.3. The molecule has 0 spiro atoms. The molecule has 9 nitrogen and oxygen atoms in total. The second kappa shape index (κ2) is 9.99. The van der Waals surface area contributed by atoms with E-state index in [0.717, 1.165) is 27.7 Å². The Bertz CT molecular complexity index is 1450. The number of hydrogen-bond donors (Lipinski definition) is 3. The van der Waals surface area contributed by atoms with Crippen LogP contribution in [0.15, 0.2) is 54.7 Å². The number of esters is 1. The van der Waals surface area contributed by atoms with E-state index in [1.54, 1.807) is 39.1 Å². The van der Waals surface area contributed by atoms with Gasteiger partial charge in [-0.05, 0) is 56.7 Å². The minimum Gasteiger partial charge on any atom is -0.464 e. The molecular weight excluding hydrogens is 458 g/mol. The predicted molar refractivity (Wildman–Crippen MR) is 138 cm³/mol. The van der Waals surface area contributed by atoms with Crippen LogP contribution in [-0.2, 0) is 15.9 Å². The lowest BCUT2D eigenvalue weighted by atomic mass is 10.1. The van der Waals surface area contributed by atoms with Crippen molar-refractivity contribution in [2.75, 3.05) is 12.4 Å². The quantitative estimate of drug-likeness (QED) is 0.249. The minimum atomic E-state index is -0.619. The number of nitrogens with zero attached hydrogens (tertiary/aromatic N) is 2. The number of amides is 1. The van der Waals surface area contributed by atoms with Crippen LogP contribution in [-0.4, -0.2) is 45.9 Å². The Balaban J connectivity index is 1.54. The molecule has 0 aliphatic heterocycles. The number of hydrogen-bond acceptors (Lipinski definition) is 7. The molecule has 0 unspecified atom stereocenters. The number of aromatic nitrogens is 3. The fraction of sp³-hybridized carbons (Fsp3) is 0.222. The topological polar surface area (TPSA) is 130 Å². The molecular formula is C27H27N5O4. The summed E-state index contributed by atoms with van der Waals surface area (Å²) in [5.74, 6) is 0.187. The van der Waals surface area contributed by atoms with Crippen molar-refractivity contribution in [2.24, 2.45) is 0 Å². The van der Waals surface area contributed by atoms with Crippen LogP contribution in [0.25, 0.3) is 22.2 Å². The van der Waals surface area contributed by atoms with Crippen LogP contribution in [0.4, 0.5) is 10.5 Å². The number of benzene rings is 2. The summed E-state index contributed by atoms with van der Waals surface area (Å²) in [7, 11) is 1.35. The molecule has 0 bridgehead atoms. The van der Waals surface area contributed by atoms with Gasteiger partial charge in [0.05, 0.1) is 18.5 Å². The third kappa shape index (κ3) is 5.75. The van der Waals surface area contributed by atoms with E-state index >= 15 is 0 Å². The molecule has 4 aromatic rings. The van der Waals surface area contributed by atoms with Crippen molar-refractivity contribution >= 4 is 34.9 Å². The Morgan fingerprint density at radius 2 is 1.92 bits per heavy atom. The van der Waals surface area contributed by atoms with Crippen molar-refractivity contribution in [3.05, 3.63) is 77.4 Å². The lowest BCUT2D eigenvalue weighted by Gasteiger charge is -2.20. The zero-order chi connectivity index (χ0) is 25.9. The molecule has 36 heavy (non-hydrogen) atoms. The van der Waals surface area contributed by atoms with Crippen LogP contribution in [0.3, 0.4) is 0 Å². The van der Waals surface area contributed by atoms with Crippen molar-refractivity contribution in [3.63, 3.8) is 0 Å². The van der Waals surface area contributed by atoms with Crippen molar-refractivity contribution in [1.29, 1.82) is 5.41 Å². The highest BCUT2D eigenvalue weighted by Gasteiger charge is 2.17. The van der Waals surface area contributed by atoms with Gasteiger partial charge in [0.15, 0.2) is 0 Å². The van der Waals surface area contributed by atoms with Crippen LogP contribution in [0.2, 0.25) is 0 Å². The van der Waals surface area contributed by atoms with Crippen LogP contribution in [0.5, 0.6) is 0 Å². The average Bonchev–Trinajstić information content (AvgIpc) is 3.27. The lowest BCUT2D eigenvalue weighted by Crippen LogP contribution is -2.27. The Labute approximate surface area is 208 Å². The van der Waals surface area contributed by atoms with Crippen LogP contribution in [0.1, 0.15) is 48.2 Å². The van der Waals surface area contributed by atoms with Crippen molar-refractivity contribution < 1.29 is 19.1 Å². The van der Waals surface area contributed by atoms with Crippen molar-refractivity contribution in [1.82, 2.24) is 15.0 Å². The highest BCUT2D eigenvalue weighted by molar-refractivity contribution is 5.96. The van der Waals surface area contributed by atoms with Gasteiger partial charge in [0.1, 0.15) is 17.1 Å². The number of anilines is 1. The molecule has 3 N–H and O–H groups in total. The zero-order valence-corrected chi connectivity index (χ0v) is 20.5. The SMILES string of the molecule is COC(=O)c1cc2ccc(-c3ccnc(Cc4ccc(NC(=O)OC(C)(C)C)c(C=N)c4)n3)cc2[nH]1. The number of ether oxygens (including phenoxy) is 2. The number of rotatable bonds is 6. The maximum atomic E-state index is 12.1. The zero-order valence-electron chi connectivity index (χ0n) is 20.5. The largest absolute Gasteiger partial charge is 0.464 e. The summed E-state index contributed by atoms with van der Waals surface area (Å²) in [6.07, 6.45) is 2.75. The molecule has 0 fully saturated rings. The van der Waals surface area contributed by atoms with Gasteiger partial charge in [-0.15, -0.1) is 0 Å². The molecule has 0 radical (unpaired) electrons. The summed E-state index contributed by atoms with van der Waals surface area (Å²) in [5.41, 5.74) is 4.12. The smallest absolute Gasteiger partial charge is 0.412 e. The number of fused-ring (bicyclic) bond motifs is 1. The highest BCUT2D eigenvalue weighted by atomic mass is 16.6. The van der Waals surface area contributed by atoms with Gasteiger partial charge in [-0.25, -0.2) is 19.6 Å². The van der Waals surface area contributed by atoms with Gasteiger partial charge in [-0.3, -0.25) is 5.32 Å². The molecule has 4 rings (SSSR count). The Kier molecular flexibility index (Phi) is 6.82. The molecule has 0 saturated heterocycles. The fourth-order valence-electron chi connectivity index (χ4n) is 3.70. The number of aromatic amines is 1. The van der Waals surface area contributed by atoms with E-state index in [0.29, 0.717) is 29.2 Å². The molecule has 184 valence electrons. The number of carbonyl (C=O) groups excluding carboxylic acids is 2. The Hall–Kier alpha value is -4.53. The van der Waals surface area contributed by atoms with Crippen LogP contribution in [0, 0.1) is 5.41 Å². The van der Waals surface area contributed by atoms with Crippen LogP contribution < -0.4 is 5.32 Å². The number of nitrogens with one attached hydrogen (secondary N) is 3. The van der Waals surface area contributed by atoms with Gasteiger partial charge < -0.3 is 19.9 Å². The molecule has 2 aromatic carbocycles. The Morgan fingerprint density at radius 1 is 1.11 bits per heavy atom. The molecule has 9 heteroatoms. The van der Waals surface area contributed by atoms with E-state index in [1.165, 1.54) is 13.3 Å². The molecule has 0 saturated carbocycles. The first-order chi connectivity index (χ1) is 17.1. The molecule has 0 aliphatic carbocycles. The average molecular weight is 486 g/mol. The minimum absolute atomic E-state index is 0.389. The third-order valence-corrected chi connectivity index (χ3v) is 5.30. The van der Waals surface area contributed by atoms with Gasteiger partial charge in [-0.2, -0.15) is 0 Å². The second-order valence-corrected chi connectivity index (χ2v) is 9.20. The fourth-order valence-corrected chi connectivity index (χ4v) is 3.70. The summed E-state index contributed by atoms with van der Waals surface area (Å²) in [5, 5.41) is 11.3. The summed E-state index contributed by atoms with van der Waals surface area (Å²) in [4.78, 5) is 36.1. The van der Waals surface area contributed by atoms with Gasteiger partial charge in [0, 0.05) is 40.9 Å². The molecule has 2 heterocycles. The van der Waals surface area contributed by atoms with E-state index in [-0.39, 0.29) is 0 Å². The number of H-pyrrole nitrogens is 1. The third-order valence-electron chi connectivity index (χ3n) is 5.30. The standard InChI is InChI=1S/C27H27N5O4/c1-27(2,3)36-26(34)32-20-8-5-16(11-19(20)15-28)12-24-29-10-9-21(31-24)17-6-7-18-14-23(25(33)35-4)30-22(18)13-17/h5-11,13-15,28,30H,12H2,1-4H3,(H,32,34). The maximum absolute atomic E-state index is 12.1. The van der Waals surface area contributed by atoms with E-state index in [9.17, 15) is 9.59 Å². The molecule has 1 amide bonds. The Morgan fingerprint density at radius 3 is 2.64 bits per heavy atom. The van der Waals surface area contributed by atoms with Gasteiger partial charge >= 0.3 is 12.1 Å². The molecule has 0 aliphatic rings. The van der Waals surface area contributed by atoms with Crippen molar-refractivity contribution in [3.8, 4) is 11.3 Å². The highest BCUT2D eigenvalue weighted by Crippen LogP contribution is 2.25. The predicted octanol–water partition coefficient (Wildman–Crippen LogP) is 5.35. The summed E-state index contributed by atoms with van der Waals surface area (Å²) in [6, 6.07) is 14.8. The lowest BCUT2D eigenvalue weighted by molar-refractivity contribution is 0.0593. The van der Waals surface area contributed by atoms with Gasteiger partial charge in [0.25, 0.3) is 0 Å². The molecule has 2 aromatic heterocycles. The number of carbonyl (C=O) groups is 2. The molecule has 0 atom stereocenters. The summed E-state index contributed by atoms with van der Waals surface area (Å²) < 4.78 is 10.1. The van der Waals surface area contributed by atoms with E-state index in [4.69, 9.17) is 19.9 Å². The second-order valence-electron chi connectivity index (χ2n) is 9.20. The first kappa shape index (κ1) is 24.6. The van der Waals surface area contributed by atoms with Gasteiger partial charge in [0.2, 0.25) is 0 Å². The monoisotopic (exact) mass is 485 g/mol. The van der Waals surface area contributed by atoms with Crippen molar-refractivity contribution in [2.45, 2.75) is 32.8 Å². The van der Waals surface area contributed by atoms with E-state index in [2.05, 4.69) is 15.3 Å².